The second kappa shape index (κ2) is 6.53. The van der Waals surface area contributed by atoms with Crippen LogP contribution in [0.2, 0.25) is 0 Å². The van der Waals surface area contributed by atoms with E-state index in [9.17, 15) is 0 Å². The van der Waals surface area contributed by atoms with Crippen LogP contribution in [0.1, 0.15) is 5.56 Å². The van der Waals surface area contributed by atoms with Gasteiger partial charge in [0.15, 0.2) is 5.82 Å². The highest BCUT2D eigenvalue weighted by Crippen LogP contribution is 2.24. The molecule has 0 bridgehead atoms. The van der Waals surface area contributed by atoms with Crippen LogP contribution in [0.3, 0.4) is 0 Å². The summed E-state index contributed by atoms with van der Waals surface area (Å²) in [6.07, 6.45) is 1.59. The fraction of sp³-hybridized carbons (Fsp3) is 0.0625. The van der Waals surface area contributed by atoms with Gasteiger partial charge in [-0.2, -0.15) is 10.1 Å². The maximum atomic E-state index is 4.43. The monoisotopic (exact) mass is 355 g/mol. The number of nitrogens with one attached hydrogen (secondary N) is 2. The quantitative estimate of drug-likeness (QED) is 0.724. The minimum atomic E-state index is 0.450. The first-order valence-electron chi connectivity index (χ1n) is 6.76. The number of anilines is 4. The SMILES string of the molecule is Cc1ccccc1Nc1nncc(Nc2ccccc2Br)n1. The molecular weight excluding hydrogens is 342 g/mol. The van der Waals surface area contributed by atoms with Crippen molar-refractivity contribution in [2.45, 2.75) is 6.92 Å². The van der Waals surface area contributed by atoms with E-state index in [1.165, 1.54) is 0 Å². The average Bonchev–Trinajstić information content (AvgIpc) is 2.52. The van der Waals surface area contributed by atoms with Gasteiger partial charge in [-0.1, -0.05) is 30.3 Å². The molecule has 3 rings (SSSR count). The van der Waals surface area contributed by atoms with Crippen molar-refractivity contribution in [2.75, 3.05) is 10.6 Å². The van der Waals surface area contributed by atoms with Gasteiger partial charge in [0, 0.05) is 10.2 Å². The Morgan fingerprint density at radius 1 is 0.909 bits per heavy atom. The Hall–Kier alpha value is -2.47. The number of hydrogen-bond donors (Lipinski definition) is 2. The molecule has 0 spiro atoms. The molecule has 0 amide bonds. The van der Waals surface area contributed by atoms with Crippen LogP contribution in [-0.4, -0.2) is 15.2 Å². The topological polar surface area (TPSA) is 62.7 Å². The fourth-order valence-electron chi connectivity index (χ4n) is 1.95. The second-order valence-electron chi connectivity index (χ2n) is 4.71. The number of halogens is 1. The molecule has 0 atom stereocenters. The maximum absolute atomic E-state index is 4.43. The molecule has 0 radical (unpaired) electrons. The van der Waals surface area contributed by atoms with Gasteiger partial charge >= 0.3 is 0 Å². The van der Waals surface area contributed by atoms with Crippen molar-refractivity contribution in [3.63, 3.8) is 0 Å². The highest BCUT2D eigenvalue weighted by atomic mass is 79.9. The lowest BCUT2D eigenvalue weighted by atomic mass is 10.2. The van der Waals surface area contributed by atoms with Gasteiger partial charge < -0.3 is 10.6 Å². The van der Waals surface area contributed by atoms with Crippen LogP contribution in [0.4, 0.5) is 23.1 Å². The normalized spacial score (nSPS) is 10.3. The van der Waals surface area contributed by atoms with Crippen LogP contribution in [0.15, 0.2) is 59.2 Å². The Labute approximate surface area is 137 Å². The highest BCUT2D eigenvalue weighted by molar-refractivity contribution is 9.10. The molecule has 0 unspecified atom stereocenters. The Balaban J connectivity index is 1.81. The second-order valence-corrected chi connectivity index (χ2v) is 5.56. The van der Waals surface area contributed by atoms with Crippen molar-refractivity contribution < 1.29 is 0 Å². The highest BCUT2D eigenvalue weighted by Gasteiger charge is 2.05. The van der Waals surface area contributed by atoms with Gasteiger partial charge in [-0.25, -0.2) is 0 Å². The molecule has 22 heavy (non-hydrogen) atoms. The molecule has 0 aliphatic heterocycles. The molecule has 5 nitrogen and oxygen atoms in total. The van der Waals surface area contributed by atoms with E-state index in [0.717, 1.165) is 21.4 Å². The summed E-state index contributed by atoms with van der Waals surface area (Å²) in [6, 6.07) is 15.8. The van der Waals surface area contributed by atoms with Crippen molar-refractivity contribution >= 4 is 39.1 Å². The standard InChI is InChI=1S/C16H14BrN5/c1-11-6-2-4-8-13(11)20-16-21-15(10-18-22-16)19-14-9-5-3-7-12(14)17/h2-10H,1H3,(H2,19,20,21,22). The first kappa shape index (κ1) is 14.5. The van der Waals surface area contributed by atoms with Crippen molar-refractivity contribution in [1.29, 1.82) is 0 Å². The lowest BCUT2D eigenvalue weighted by Crippen LogP contribution is -2.03. The molecular formula is C16H14BrN5. The van der Waals surface area contributed by atoms with E-state index in [1.807, 2.05) is 55.5 Å². The third-order valence-corrected chi connectivity index (χ3v) is 3.78. The largest absolute Gasteiger partial charge is 0.338 e. The van der Waals surface area contributed by atoms with Crippen molar-refractivity contribution in [3.05, 3.63) is 64.8 Å². The Morgan fingerprint density at radius 3 is 2.41 bits per heavy atom. The van der Waals surface area contributed by atoms with E-state index in [2.05, 4.69) is 41.7 Å². The molecule has 0 saturated carbocycles. The Morgan fingerprint density at radius 2 is 1.64 bits per heavy atom. The molecule has 1 heterocycles. The molecule has 0 saturated heterocycles. The first-order valence-corrected chi connectivity index (χ1v) is 7.55. The van der Waals surface area contributed by atoms with Gasteiger partial charge in [-0.3, -0.25) is 0 Å². The van der Waals surface area contributed by atoms with Crippen LogP contribution < -0.4 is 10.6 Å². The fourth-order valence-corrected chi connectivity index (χ4v) is 2.33. The van der Waals surface area contributed by atoms with E-state index in [4.69, 9.17) is 0 Å². The third kappa shape index (κ3) is 3.40. The van der Waals surface area contributed by atoms with Crippen LogP contribution >= 0.6 is 15.9 Å². The van der Waals surface area contributed by atoms with E-state index in [0.29, 0.717) is 11.8 Å². The Bertz CT molecular complexity index is 728. The van der Waals surface area contributed by atoms with E-state index in [-0.39, 0.29) is 0 Å². The van der Waals surface area contributed by atoms with Gasteiger partial charge in [0.05, 0.1) is 11.9 Å². The molecule has 2 N–H and O–H groups in total. The zero-order chi connectivity index (χ0) is 15.4. The number of aryl methyl sites for hydroxylation is 1. The van der Waals surface area contributed by atoms with Crippen LogP contribution in [0.5, 0.6) is 0 Å². The van der Waals surface area contributed by atoms with Crippen LogP contribution in [-0.2, 0) is 0 Å². The van der Waals surface area contributed by atoms with Crippen molar-refractivity contribution in [3.8, 4) is 0 Å². The summed E-state index contributed by atoms with van der Waals surface area (Å²) >= 11 is 3.49. The molecule has 2 aromatic carbocycles. The molecule has 0 aliphatic rings. The summed E-state index contributed by atoms with van der Waals surface area (Å²) in [4.78, 5) is 4.43. The van der Waals surface area contributed by atoms with Gasteiger partial charge in [-0.15, -0.1) is 5.10 Å². The summed E-state index contributed by atoms with van der Waals surface area (Å²) in [7, 11) is 0. The number of para-hydroxylation sites is 2. The number of benzene rings is 2. The molecule has 110 valence electrons. The molecule has 6 heteroatoms. The summed E-state index contributed by atoms with van der Waals surface area (Å²) in [5.74, 6) is 1.07. The zero-order valence-electron chi connectivity index (χ0n) is 11.9. The number of hydrogen-bond acceptors (Lipinski definition) is 5. The average molecular weight is 356 g/mol. The van der Waals surface area contributed by atoms with Crippen LogP contribution in [0.25, 0.3) is 0 Å². The minimum Gasteiger partial charge on any atom is -0.338 e. The third-order valence-electron chi connectivity index (χ3n) is 3.09. The summed E-state index contributed by atoms with van der Waals surface area (Å²) in [6.45, 7) is 2.03. The van der Waals surface area contributed by atoms with Crippen molar-refractivity contribution in [1.82, 2.24) is 15.2 Å². The predicted molar refractivity (Wildman–Crippen MR) is 91.7 cm³/mol. The Kier molecular flexibility index (Phi) is 4.29. The van der Waals surface area contributed by atoms with Gasteiger partial charge in [0.25, 0.3) is 0 Å². The summed E-state index contributed by atoms with van der Waals surface area (Å²) in [5, 5.41) is 14.4. The maximum Gasteiger partial charge on any atom is 0.249 e. The van der Waals surface area contributed by atoms with Crippen LogP contribution in [0, 0.1) is 6.92 Å². The lowest BCUT2D eigenvalue weighted by molar-refractivity contribution is 0.981. The molecule has 1 aromatic heterocycles. The molecule has 0 aliphatic carbocycles. The number of rotatable bonds is 4. The van der Waals surface area contributed by atoms with Crippen molar-refractivity contribution in [2.24, 2.45) is 0 Å². The van der Waals surface area contributed by atoms with Gasteiger partial charge in [0.1, 0.15) is 0 Å². The van der Waals surface area contributed by atoms with E-state index >= 15 is 0 Å². The molecule has 0 fully saturated rings. The lowest BCUT2D eigenvalue weighted by Gasteiger charge is -2.10. The number of aromatic nitrogens is 3. The smallest absolute Gasteiger partial charge is 0.249 e. The summed E-state index contributed by atoms with van der Waals surface area (Å²) < 4.78 is 0.960. The van der Waals surface area contributed by atoms with Gasteiger partial charge in [-0.05, 0) is 46.6 Å². The van der Waals surface area contributed by atoms with Gasteiger partial charge in [0.2, 0.25) is 5.95 Å². The first-order chi connectivity index (χ1) is 10.7. The molecule has 3 aromatic rings. The zero-order valence-corrected chi connectivity index (χ0v) is 13.5. The summed E-state index contributed by atoms with van der Waals surface area (Å²) in [5.41, 5.74) is 3.00. The predicted octanol–water partition coefficient (Wildman–Crippen LogP) is 4.43. The minimum absolute atomic E-state index is 0.450. The number of nitrogens with zero attached hydrogens (tertiary/aromatic N) is 3. The van der Waals surface area contributed by atoms with E-state index in [1.54, 1.807) is 6.20 Å². The van der Waals surface area contributed by atoms with E-state index < -0.39 is 0 Å².